The van der Waals surface area contributed by atoms with E-state index in [1.807, 2.05) is 4.72 Å². The minimum Gasteiger partial charge on any atom is -0.477 e. The number of amides is 1. The topological polar surface area (TPSA) is 113 Å². The molecule has 7 nitrogen and oxygen atoms in total. The lowest BCUT2D eigenvalue weighted by molar-refractivity contribution is 0.0689. The molecule has 0 atom stereocenters. The van der Waals surface area contributed by atoms with Crippen molar-refractivity contribution in [3.05, 3.63) is 45.0 Å². The number of hydrogen-bond acceptors (Lipinski definition) is 6. The highest BCUT2D eigenvalue weighted by Gasteiger charge is 2.22. The quantitative estimate of drug-likeness (QED) is 0.840. The molecule has 0 unspecified atom stereocenters. The molecule has 22 heavy (non-hydrogen) atoms. The van der Waals surface area contributed by atoms with Gasteiger partial charge in [-0.1, -0.05) is 23.2 Å². The van der Waals surface area contributed by atoms with Crippen molar-refractivity contribution < 1.29 is 23.1 Å². The van der Waals surface area contributed by atoms with Crippen LogP contribution in [-0.2, 0) is 10.0 Å². The number of carbonyl (C=O) groups excluding carboxylic acids is 1. The molecule has 11 heteroatoms. The van der Waals surface area contributed by atoms with E-state index in [-0.39, 0.29) is 24.8 Å². The predicted octanol–water partition coefficient (Wildman–Crippen LogP) is 2.27. The van der Waals surface area contributed by atoms with E-state index in [1.165, 1.54) is 0 Å². The van der Waals surface area contributed by atoms with Crippen LogP contribution in [0.3, 0.4) is 0 Å². The smallest absolute Gasteiger partial charge is 0.354 e. The van der Waals surface area contributed by atoms with Gasteiger partial charge in [0.05, 0.1) is 10.6 Å². The molecule has 0 fully saturated rings. The maximum absolute atomic E-state index is 12.0. The lowest BCUT2D eigenvalue weighted by atomic mass is 10.2. The van der Waals surface area contributed by atoms with Gasteiger partial charge in [-0.25, -0.2) is 22.9 Å². The van der Waals surface area contributed by atoms with E-state index in [0.717, 1.165) is 24.4 Å². The Balaban J connectivity index is 2.22. The zero-order valence-corrected chi connectivity index (χ0v) is 13.6. The summed E-state index contributed by atoms with van der Waals surface area (Å²) in [4.78, 5) is 26.0. The van der Waals surface area contributed by atoms with Crippen molar-refractivity contribution in [3.8, 4) is 0 Å². The highest BCUT2D eigenvalue weighted by Crippen LogP contribution is 2.34. The van der Waals surface area contributed by atoms with Gasteiger partial charge in [-0.2, -0.15) is 0 Å². The largest absolute Gasteiger partial charge is 0.477 e. The number of rotatable bonds is 4. The summed E-state index contributed by atoms with van der Waals surface area (Å²) in [6.45, 7) is 0. The van der Waals surface area contributed by atoms with Gasteiger partial charge in [-0.3, -0.25) is 4.79 Å². The van der Waals surface area contributed by atoms with Crippen LogP contribution in [0.1, 0.15) is 20.8 Å². The molecule has 116 valence electrons. The Bertz CT molecular complexity index is 826. The number of aromatic nitrogens is 1. The van der Waals surface area contributed by atoms with Crippen molar-refractivity contribution in [1.82, 2.24) is 9.71 Å². The fourth-order valence-corrected chi connectivity index (χ4v) is 4.20. The number of aromatic carboxylic acids is 1. The van der Waals surface area contributed by atoms with Crippen LogP contribution in [-0.4, -0.2) is 30.4 Å². The molecule has 2 N–H and O–H groups in total. The average molecular weight is 381 g/mol. The van der Waals surface area contributed by atoms with Crippen LogP contribution in [0.25, 0.3) is 0 Å². The molecule has 2 aromatic heterocycles. The second kappa shape index (κ2) is 6.21. The van der Waals surface area contributed by atoms with Gasteiger partial charge in [0.2, 0.25) is 0 Å². The van der Waals surface area contributed by atoms with Crippen molar-refractivity contribution in [2.45, 2.75) is 4.21 Å². The fraction of sp³-hybridized carbons (Fsp3) is 0. The number of nitrogens with zero attached hydrogens (tertiary/aromatic N) is 1. The SMILES string of the molecule is O=C(NS(=O)(=O)c1cc(Cl)c(Cl)s1)c1ccc(C(=O)O)nc1. The van der Waals surface area contributed by atoms with Crippen molar-refractivity contribution in [2.75, 3.05) is 0 Å². The third-order valence-corrected chi connectivity index (χ3v) is 6.03. The monoisotopic (exact) mass is 380 g/mol. The van der Waals surface area contributed by atoms with Crippen LogP contribution < -0.4 is 4.72 Å². The van der Waals surface area contributed by atoms with Crippen LogP contribution in [0, 0.1) is 0 Å². The number of hydrogen-bond donors (Lipinski definition) is 2. The molecule has 0 aromatic carbocycles. The van der Waals surface area contributed by atoms with Crippen molar-refractivity contribution in [1.29, 1.82) is 0 Å². The van der Waals surface area contributed by atoms with Crippen LogP contribution in [0.5, 0.6) is 0 Å². The zero-order valence-electron chi connectivity index (χ0n) is 10.4. The summed E-state index contributed by atoms with van der Waals surface area (Å²) in [7, 11) is -4.13. The highest BCUT2D eigenvalue weighted by molar-refractivity contribution is 7.92. The van der Waals surface area contributed by atoms with E-state index < -0.39 is 21.9 Å². The van der Waals surface area contributed by atoms with Gasteiger partial charge in [-0.15, -0.1) is 11.3 Å². The fourth-order valence-electron chi connectivity index (χ4n) is 1.35. The summed E-state index contributed by atoms with van der Waals surface area (Å²) in [6.07, 6.45) is 0.961. The van der Waals surface area contributed by atoms with Gasteiger partial charge in [0.1, 0.15) is 14.2 Å². The first kappa shape index (κ1) is 16.7. The summed E-state index contributed by atoms with van der Waals surface area (Å²) in [5.41, 5.74) is -0.376. The van der Waals surface area contributed by atoms with Crippen molar-refractivity contribution in [3.63, 3.8) is 0 Å². The Morgan fingerprint density at radius 3 is 2.41 bits per heavy atom. The normalized spacial score (nSPS) is 11.2. The van der Waals surface area contributed by atoms with Crippen LogP contribution >= 0.6 is 34.5 Å². The lowest BCUT2D eigenvalue weighted by Crippen LogP contribution is -2.30. The van der Waals surface area contributed by atoms with E-state index in [0.29, 0.717) is 11.3 Å². The summed E-state index contributed by atoms with van der Waals surface area (Å²) in [5, 5.41) is 8.76. The van der Waals surface area contributed by atoms with E-state index >= 15 is 0 Å². The minimum atomic E-state index is -4.13. The zero-order chi connectivity index (χ0) is 16.5. The number of pyridine rings is 1. The summed E-state index contributed by atoms with van der Waals surface area (Å²) in [6, 6.07) is 3.36. The first-order chi connectivity index (χ1) is 10.2. The van der Waals surface area contributed by atoms with E-state index in [2.05, 4.69) is 4.98 Å². The molecule has 2 rings (SSSR count). The summed E-state index contributed by atoms with van der Waals surface area (Å²) < 4.78 is 25.7. The molecule has 0 aliphatic heterocycles. The minimum absolute atomic E-state index is 0.0620. The number of carboxylic acids is 1. The predicted molar refractivity (Wildman–Crippen MR) is 80.2 cm³/mol. The Morgan fingerprint density at radius 2 is 1.95 bits per heavy atom. The highest BCUT2D eigenvalue weighted by atomic mass is 35.5. The number of carboxylic acid groups (broad SMARTS) is 1. The number of sulfonamides is 1. The van der Waals surface area contributed by atoms with Gasteiger partial charge in [-0.05, 0) is 18.2 Å². The second-order valence-corrected chi connectivity index (χ2v) is 7.83. The van der Waals surface area contributed by atoms with E-state index in [9.17, 15) is 18.0 Å². The standard InChI is InChI=1S/C11H6Cl2N2O5S2/c12-6-3-8(21-9(6)13)22(19,20)15-10(16)5-1-2-7(11(17)18)14-4-5/h1-4H,(H,15,16)(H,17,18). The van der Waals surface area contributed by atoms with Crippen LogP contribution in [0.15, 0.2) is 28.6 Å². The third-order valence-electron chi connectivity index (χ3n) is 2.36. The summed E-state index contributed by atoms with van der Waals surface area (Å²) >= 11 is 12.1. The van der Waals surface area contributed by atoms with E-state index in [1.54, 1.807) is 0 Å². The Kier molecular flexibility index (Phi) is 4.71. The molecule has 2 aromatic rings. The number of nitrogens with one attached hydrogen (secondary N) is 1. The Hall–Kier alpha value is -1.68. The van der Waals surface area contributed by atoms with Gasteiger partial charge < -0.3 is 5.11 Å². The molecular weight excluding hydrogens is 375 g/mol. The molecule has 1 amide bonds. The molecule has 0 spiro atoms. The Morgan fingerprint density at radius 1 is 1.27 bits per heavy atom. The molecule has 0 aliphatic carbocycles. The lowest BCUT2D eigenvalue weighted by Gasteiger charge is -2.04. The first-order valence-electron chi connectivity index (χ1n) is 5.42. The third kappa shape index (κ3) is 3.55. The molecular formula is C11H6Cl2N2O5S2. The average Bonchev–Trinajstić information content (AvgIpc) is 2.79. The van der Waals surface area contributed by atoms with Gasteiger partial charge in [0, 0.05) is 6.20 Å². The van der Waals surface area contributed by atoms with Crippen molar-refractivity contribution >= 4 is 56.4 Å². The molecule has 0 bridgehead atoms. The molecule has 0 radical (unpaired) electrons. The molecule has 0 saturated heterocycles. The van der Waals surface area contributed by atoms with Gasteiger partial charge >= 0.3 is 5.97 Å². The van der Waals surface area contributed by atoms with Crippen LogP contribution in [0.2, 0.25) is 9.36 Å². The first-order valence-corrected chi connectivity index (χ1v) is 8.47. The van der Waals surface area contributed by atoms with E-state index in [4.69, 9.17) is 28.3 Å². The maximum atomic E-state index is 12.0. The van der Waals surface area contributed by atoms with Gasteiger partial charge in [0.15, 0.2) is 0 Å². The molecule has 0 aliphatic rings. The molecule has 2 heterocycles. The number of halogens is 2. The van der Waals surface area contributed by atoms with Gasteiger partial charge in [0.25, 0.3) is 15.9 Å². The second-order valence-electron chi connectivity index (χ2n) is 3.86. The molecule has 0 saturated carbocycles. The maximum Gasteiger partial charge on any atom is 0.354 e. The van der Waals surface area contributed by atoms with Crippen molar-refractivity contribution in [2.24, 2.45) is 0 Å². The Labute approximate surface area is 138 Å². The number of thiophene rings is 1. The number of carbonyl (C=O) groups is 2. The van der Waals surface area contributed by atoms with Crippen LogP contribution in [0.4, 0.5) is 0 Å². The summed E-state index contributed by atoms with van der Waals surface area (Å²) in [5.74, 6) is -2.22.